The molecule has 1 aromatic rings. The Hall–Kier alpha value is -1.73. The van der Waals surface area contributed by atoms with Crippen LogP contribution in [0.3, 0.4) is 0 Å². The molecule has 25 heavy (non-hydrogen) atoms. The molecule has 2 aliphatic rings. The molecule has 1 aromatic heterocycles. The lowest BCUT2D eigenvalue weighted by Crippen LogP contribution is -2.46. The normalized spacial score (nSPS) is 29.3. The Labute approximate surface area is 140 Å². The van der Waals surface area contributed by atoms with Gasteiger partial charge in [0.05, 0.1) is 13.3 Å². The second kappa shape index (κ2) is 6.21. The van der Waals surface area contributed by atoms with Gasteiger partial charge in [0, 0.05) is 7.05 Å². The van der Waals surface area contributed by atoms with Crippen molar-refractivity contribution in [1.29, 1.82) is 0 Å². The van der Waals surface area contributed by atoms with Crippen molar-refractivity contribution in [3.05, 3.63) is 10.4 Å². The number of aliphatic hydroxyl groups excluding tert-OH is 2. The molecule has 3 heterocycles. The highest BCUT2D eigenvalue weighted by Gasteiger charge is 2.51. The summed E-state index contributed by atoms with van der Waals surface area (Å²) >= 11 is 0. The Kier molecular flexibility index (Phi) is 4.49. The molecule has 0 aromatic carbocycles. The first-order valence-corrected chi connectivity index (χ1v) is 8.71. The quantitative estimate of drug-likeness (QED) is 0.293. The van der Waals surface area contributed by atoms with Crippen molar-refractivity contribution >= 4 is 25.3 Å². The minimum atomic E-state index is -4.93. The van der Waals surface area contributed by atoms with Gasteiger partial charge in [-0.05, 0) is 0 Å². The van der Waals surface area contributed by atoms with Crippen molar-refractivity contribution in [2.45, 2.75) is 24.5 Å². The molecule has 0 spiro atoms. The van der Waals surface area contributed by atoms with Crippen molar-refractivity contribution in [3.63, 3.8) is 0 Å². The molecule has 0 bridgehead atoms. The van der Waals surface area contributed by atoms with Crippen LogP contribution in [0.2, 0.25) is 0 Å². The van der Waals surface area contributed by atoms with Crippen LogP contribution in [0.25, 0.3) is 0 Å². The van der Waals surface area contributed by atoms with Gasteiger partial charge in [-0.25, -0.2) is 4.57 Å². The van der Waals surface area contributed by atoms with E-state index in [-0.39, 0.29) is 24.1 Å². The van der Waals surface area contributed by atoms with E-state index in [2.05, 4.69) is 14.5 Å². The van der Waals surface area contributed by atoms with Crippen LogP contribution in [0.15, 0.2) is 4.79 Å². The topological polar surface area (TPSA) is 195 Å². The number of nitrogens with one attached hydrogen (secondary N) is 1. The lowest BCUT2D eigenvalue weighted by Gasteiger charge is -2.27. The summed E-state index contributed by atoms with van der Waals surface area (Å²) in [6, 6.07) is 0. The number of aliphatic hydroxyl groups is 2. The third kappa shape index (κ3) is 3.22. The first-order valence-electron chi connectivity index (χ1n) is 7.18. The van der Waals surface area contributed by atoms with Gasteiger partial charge in [-0.3, -0.25) is 14.3 Å². The Balaban J connectivity index is 1.94. The molecule has 1 fully saturated rings. The summed E-state index contributed by atoms with van der Waals surface area (Å²) in [5.74, 6) is -0.000387. The molecule has 14 heteroatoms. The number of fused-ring (bicyclic) bond motifs is 1. The van der Waals surface area contributed by atoms with Gasteiger partial charge in [-0.2, -0.15) is 4.98 Å². The van der Waals surface area contributed by atoms with E-state index in [0.717, 1.165) is 0 Å². The molecule has 0 unspecified atom stereocenters. The largest absolute Gasteiger partial charge is 0.470 e. The number of anilines is 3. The van der Waals surface area contributed by atoms with Crippen molar-refractivity contribution in [3.8, 4) is 0 Å². The van der Waals surface area contributed by atoms with Crippen LogP contribution in [-0.4, -0.2) is 74.8 Å². The fraction of sp³-hybridized carbons (Fsp3) is 0.636. The zero-order valence-corrected chi connectivity index (χ0v) is 13.9. The van der Waals surface area contributed by atoms with E-state index < -0.39 is 44.5 Å². The Morgan fingerprint density at radius 1 is 1.52 bits per heavy atom. The lowest BCUT2D eigenvalue weighted by atomic mass is 10.1. The maximum Gasteiger partial charge on any atom is 0.470 e. The van der Waals surface area contributed by atoms with Crippen LogP contribution in [0.4, 0.5) is 17.5 Å². The average molecular weight is 379 g/mol. The van der Waals surface area contributed by atoms with Gasteiger partial charge < -0.3 is 40.3 Å². The summed E-state index contributed by atoms with van der Waals surface area (Å²) < 4.78 is 21.1. The molecule has 0 aliphatic carbocycles. The van der Waals surface area contributed by atoms with Crippen LogP contribution < -0.4 is 21.1 Å². The monoisotopic (exact) mass is 379 g/mol. The summed E-state index contributed by atoms with van der Waals surface area (Å²) in [4.78, 5) is 39.3. The lowest BCUT2D eigenvalue weighted by molar-refractivity contribution is -0.0218. The van der Waals surface area contributed by atoms with E-state index >= 15 is 0 Å². The fourth-order valence-corrected chi connectivity index (χ4v) is 3.57. The highest BCUT2D eigenvalue weighted by Crippen LogP contribution is 2.43. The first-order chi connectivity index (χ1) is 11.6. The molecule has 0 radical (unpaired) electrons. The number of rotatable bonds is 4. The van der Waals surface area contributed by atoms with Gasteiger partial charge in [-0.15, -0.1) is 0 Å². The average Bonchev–Trinajstić information content (AvgIpc) is 2.96. The van der Waals surface area contributed by atoms with Crippen LogP contribution in [0.1, 0.15) is 0 Å². The number of aromatic amines is 1. The van der Waals surface area contributed by atoms with Crippen molar-refractivity contribution in [1.82, 2.24) is 9.97 Å². The number of nitrogens with two attached hydrogens (primary N) is 1. The minimum Gasteiger partial charge on any atom is -0.394 e. The molecule has 13 nitrogen and oxygen atoms in total. The molecule has 140 valence electrons. The van der Waals surface area contributed by atoms with E-state index in [9.17, 15) is 19.6 Å². The standard InChI is InChI=1S/C11H18N5O8P/c1-15-3-16(8-5(15)9(19)14-11(12)13-8)10-6(18)7(4(2-17)23-10)24-25(20,21)22/h4,6-7,10,17-18H,2-3H2,1H3,(H2,20,21,22)(H3,12,13,14,19)/t4-,6-,7-,10-/m1/s1. The summed E-state index contributed by atoms with van der Waals surface area (Å²) in [7, 11) is -3.31. The SMILES string of the molecule is CN1CN([C@@H]2O[C@H](CO)[C@@H](OP(=O)(O)O)[C@H]2O)c2nc(N)[nH]c(=O)c21. The number of aromatic nitrogens is 2. The number of hydrogen-bond donors (Lipinski definition) is 6. The molecular formula is C11H18N5O8P. The van der Waals surface area contributed by atoms with E-state index in [1.165, 1.54) is 4.90 Å². The van der Waals surface area contributed by atoms with E-state index in [1.54, 1.807) is 11.9 Å². The maximum absolute atomic E-state index is 12.0. The molecule has 3 rings (SSSR count). The van der Waals surface area contributed by atoms with Crippen LogP contribution in [0, 0.1) is 0 Å². The number of nitrogen functional groups attached to an aromatic ring is 1. The maximum atomic E-state index is 12.0. The zero-order chi connectivity index (χ0) is 18.5. The predicted octanol–water partition coefficient (Wildman–Crippen LogP) is -2.88. The molecule has 0 saturated carbocycles. The van der Waals surface area contributed by atoms with Gasteiger partial charge in [0.2, 0.25) is 5.95 Å². The number of phosphoric ester groups is 1. The third-order valence-electron chi connectivity index (χ3n) is 3.97. The van der Waals surface area contributed by atoms with Gasteiger partial charge >= 0.3 is 7.82 Å². The van der Waals surface area contributed by atoms with Crippen molar-refractivity contribution in [2.75, 3.05) is 35.9 Å². The summed E-state index contributed by atoms with van der Waals surface area (Å²) in [5, 5.41) is 19.8. The molecule has 0 amide bonds. The molecule has 1 saturated heterocycles. The summed E-state index contributed by atoms with van der Waals surface area (Å²) in [5.41, 5.74) is 5.27. The Bertz CT molecular complexity index is 767. The van der Waals surface area contributed by atoms with Gasteiger partial charge in [-0.1, -0.05) is 0 Å². The summed E-state index contributed by atoms with van der Waals surface area (Å²) in [6.45, 7) is -0.545. The summed E-state index contributed by atoms with van der Waals surface area (Å²) in [6.07, 6.45) is -5.33. The van der Waals surface area contributed by atoms with Gasteiger partial charge in [0.1, 0.15) is 24.0 Å². The highest BCUT2D eigenvalue weighted by molar-refractivity contribution is 7.46. The highest BCUT2D eigenvalue weighted by atomic mass is 31.2. The van der Waals surface area contributed by atoms with E-state index in [4.69, 9.17) is 20.3 Å². The fourth-order valence-electron chi connectivity index (χ4n) is 3.00. The van der Waals surface area contributed by atoms with Crippen LogP contribution in [0.5, 0.6) is 0 Å². The molecular weight excluding hydrogens is 361 g/mol. The number of hydrogen-bond acceptors (Lipinski definition) is 10. The number of H-pyrrole nitrogens is 1. The number of ether oxygens (including phenoxy) is 1. The third-order valence-corrected chi connectivity index (χ3v) is 4.49. The van der Waals surface area contributed by atoms with Crippen molar-refractivity contribution in [2.24, 2.45) is 0 Å². The predicted molar refractivity (Wildman–Crippen MR) is 83.7 cm³/mol. The smallest absolute Gasteiger partial charge is 0.394 e. The zero-order valence-electron chi connectivity index (χ0n) is 13.0. The van der Waals surface area contributed by atoms with Crippen molar-refractivity contribution < 1.29 is 33.8 Å². The molecule has 2 aliphatic heterocycles. The van der Waals surface area contributed by atoms with Crippen LogP contribution in [-0.2, 0) is 13.8 Å². The second-order valence-corrected chi connectivity index (χ2v) is 6.92. The van der Waals surface area contributed by atoms with Crippen LogP contribution >= 0.6 is 7.82 Å². The van der Waals surface area contributed by atoms with Gasteiger partial charge in [0.15, 0.2) is 12.0 Å². The Morgan fingerprint density at radius 2 is 2.20 bits per heavy atom. The first kappa shape index (κ1) is 18.1. The van der Waals surface area contributed by atoms with E-state index in [1.807, 2.05) is 0 Å². The number of nitrogens with zero attached hydrogens (tertiary/aromatic N) is 3. The second-order valence-electron chi connectivity index (χ2n) is 5.73. The number of phosphoric acid groups is 1. The Morgan fingerprint density at radius 3 is 2.80 bits per heavy atom. The molecule has 4 atom stereocenters. The molecule has 7 N–H and O–H groups in total. The van der Waals surface area contributed by atoms with E-state index in [0.29, 0.717) is 0 Å². The van der Waals surface area contributed by atoms with Gasteiger partial charge in [0.25, 0.3) is 5.56 Å². The minimum absolute atomic E-state index is 0.0946.